The number of rotatable bonds is 7. The highest BCUT2D eigenvalue weighted by Crippen LogP contribution is 2.08. The van der Waals surface area contributed by atoms with Gasteiger partial charge in [0.05, 0.1) is 6.42 Å². The first kappa shape index (κ1) is 19.8. The number of Topliss-reactive ketones (excluding diaryl/α,β-unsaturated/α-hetero) is 2. The van der Waals surface area contributed by atoms with Gasteiger partial charge in [-0.05, 0) is 24.3 Å². The number of anilines is 1. The molecule has 142 valence electrons. The Balaban J connectivity index is 1.92. The third-order valence-electron chi connectivity index (χ3n) is 3.74. The fourth-order valence-electron chi connectivity index (χ4n) is 2.19. The summed E-state index contributed by atoms with van der Waals surface area (Å²) in [7, 11) is 1.26. The van der Waals surface area contributed by atoms with Crippen LogP contribution in [0.15, 0.2) is 33.9 Å². The van der Waals surface area contributed by atoms with E-state index in [1.807, 2.05) is 4.98 Å². The fraction of sp³-hybridized carbons (Fsp3) is 0.235. The van der Waals surface area contributed by atoms with Crippen molar-refractivity contribution in [3.63, 3.8) is 0 Å². The second-order valence-electron chi connectivity index (χ2n) is 5.59. The van der Waals surface area contributed by atoms with E-state index in [0.29, 0.717) is 0 Å². The van der Waals surface area contributed by atoms with E-state index in [9.17, 15) is 28.4 Å². The Morgan fingerprint density at radius 3 is 2.37 bits per heavy atom. The van der Waals surface area contributed by atoms with E-state index in [2.05, 4.69) is 0 Å². The van der Waals surface area contributed by atoms with Gasteiger partial charge < -0.3 is 10.5 Å². The fourth-order valence-corrected chi connectivity index (χ4v) is 2.19. The zero-order chi connectivity index (χ0) is 20.1. The number of H-pyrrole nitrogens is 1. The zero-order valence-electron chi connectivity index (χ0n) is 14.3. The lowest BCUT2D eigenvalue weighted by Gasteiger charge is -2.08. The molecule has 1 aromatic carbocycles. The minimum absolute atomic E-state index is 0.193. The molecule has 27 heavy (non-hydrogen) atoms. The molecular weight excluding hydrogens is 361 g/mol. The number of nitrogens with one attached hydrogen (secondary N) is 1. The van der Waals surface area contributed by atoms with Crippen LogP contribution >= 0.6 is 0 Å². The molecule has 0 spiro atoms. The number of ketones is 2. The Bertz CT molecular complexity index is 1010. The van der Waals surface area contributed by atoms with Gasteiger partial charge in [-0.2, -0.15) is 0 Å². The third-order valence-corrected chi connectivity index (χ3v) is 3.74. The molecule has 9 nitrogen and oxygen atoms in total. The highest BCUT2D eigenvalue weighted by Gasteiger charge is 2.20. The molecule has 0 saturated heterocycles. The molecule has 1 heterocycles. The summed E-state index contributed by atoms with van der Waals surface area (Å²) in [6, 6.07) is 4.83. The first-order chi connectivity index (χ1) is 12.7. The van der Waals surface area contributed by atoms with Crippen LogP contribution in [0.1, 0.15) is 33.6 Å². The van der Waals surface area contributed by atoms with Crippen LogP contribution in [-0.4, -0.2) is 33.7 Å². The van der Waals surface area contributed by atoms with Crippen molar-refractivity contribution in [3.8, 4) is 0 Å². The van der Waals surface area contributed by atoms with Crippen molar-refractivity contribution in [2.45, 2.75) is 12.8 Å². The molecule has 0 fully saturated rings. The number of nitrogens with zero attached hydrogens (tertiary/aromatic N) is 1. The molecular formula is C17H16FN3O6. The number of ether oxygens (including phenoxy) is 1. The average molecular weight is 377 g/mol. The highest BCUT2D eigenvalue weighted by molar-refractivity contribution is 6.01. The number of carbonyl (C=O) groups is 3. The second kappa shape index (κ2) is 8.21. The molecule has 0 aliphatic rings. The van der Waals surface area contributed by atoms with Crippen LogP contribution < -0.4 is 17.0 Å². The van der Waals surface area contributed by atoms with Crippen molar-refractivity contribution in [2.75, 3.05) is 12.3 Å². The Hall–Kier alpha value is -3.56. The Morgan fingerprint density at radius 1 is 1.11 bits per heavy atom. The maximum absolute atomic E-state index is 12.8. The number of nitrogen functional groups attached to an aromatic ring is 1. The van der Waals surface area contributed by atoms with Crippen LogP contribution in [0.25, 0.3) is 0 Å². The molecule has 0 radical (unpaired) electrons. The predicted octanol–water partition coefficient (Wildman–Crippen LogP) is 0.184. The van der Waals surface area contributed by atoms with Gasteiger partial charge in [0.1, 0.15) is 17.2 Å². The summed E-state index contributed by atoms with van der Waals surface area (Å²) in [5.41, 5.74) is 3.55. The molecule has 0 atom stereocenters. The lowest BCUT2D eigenvalue weighted by Crippen LogP contribution is -2.35. The van der Waals surface area contributed by atoms with E-state index in [1.165, 1.54) is 19.2 Å². The first-order valence-corrected chi connectivity index (χ1v) is 7.77. The summed E-state index contributed by atoms with van der Waals surface area (Å²) < 4.78 is 18.4. The maximum atomic E-state index is 12.8. The molecule has 2 rings (SSSR count). The molecule has 2 aromatic rings. The molecule has 0 aliphatic heterocycles. The van der Waals surface area contributed by atoms with Crippen molar-refractivity contribution in [1.82, 2.24) is 9.55 Å². The smallest absolute Gasteiger partial charge is 0.329 e. The molecule has 3 N–H and O–H groups in total. The van der Waals surface area contributed by atoms with Crippen LogP contribution in [0.4, 0.5) is 10.2 Å². The number of halogens is 1. The van der Waals surface area contributed by atoms with Crippen LogP contribution in [0.5, 0.6) is 0 Å². The van der Waals surface area contributed by atoms with E-state index < -0.39 is 46.8 Å². The van der Waals surface area contributed by atoms with Crippen molar-refractivity contribution >= 4 is 23.4 Å². The number of nitrogens with two attached hydrogens (primary N) is 1. The van der Waals surface area contributed by atoms with E-state index >= 15 is 0 Å². The Morgan fingerprint density at radius 2 is 1.74 bits per heavy atom. The lowest BCUT2D eigenvalue weighted by molar-refractivity contribution is -0.142. The molecule has 0 aliphatic carbocycles. The van der Waals surface area contributed by atoms with Gasteiger partial charge in [0.2, 0.25) is 5.78 Å². The molecule has 0 amide bonds. The van der Waals surface area contributed by atoms with Gasteiger partial charge in [-0.25, -0.2) is 9.18 Å². The van der Waals surface area contributed by atoms with Gasteiger partial charge in [-0.1, -0.05) is 0 Å². The minimum Gasteiger partial charge on any atom is -0.457 e. The van der Waals surface area contributed by atoms with Crippen LogP contribution in [-0.2, 0) is 16.6 Å². The van der Waals surface area contributed by atoms with E-state index in [4.69, 9.17) is 10.5 Å². The van der Waals surface area contributed by atoms with Crippen molar-refractivity contribution < 1.29 is 23.5 Å². The number of hydrogen-bond acceptors (Lipinski definition) is 7. The van der Waals surface area contributed by atoms with Crippen molar-refractivity contribution in [3.05, 3.63) is 62.0 Å². The minimum atomic E-state index is -0.983. The van der Waals surface area contributed by atoms with Gasteiger partial charge in [0.15, 0.2) is 12.4 Å². The summed E-state index contributed by atoms with van der Waals surface area (Å²) in [6.45, 7) is -0.769. The largest absolute Gasteiger partial charge is 0.457 e. The molecule has 0 saturated carbocycles. The number of carbonyl (C=O) groups excluding carboxylic acids is 3. The molecule has 1 aromatic heterocycles. The maximum Gasteiger partial charge on any atom is 0.329 e. The molecule has 0 bridgehead atoms. The third kappa shape index (κ3) is 4.75. The van der Waals surface area contributed by atoms with Gasteiger partial charge >= 0.3 is 11.7 Å². The van der Waals surface area contributed by atoms with Gasteiger partial charge in [-0.3, -0.25) is 28.7 Å². The van der Waals surface area contributed by atoms with Crippen LogP contribution in [0.2, 0.25) is 0 Å². The summed E-state index contributed by atoms with van der Waals surface area (Å²) in [5.74, 6) is -2.95. The standard InChI is InChI=1S/C17H16FN3O6/c1-21-15(19)14(16(25)20-17(21)26)12(23)8-27-13(24)7-6-11(22)9-2-4-10(18)5-3-9/h2-5H,6-8,19H2,1H3,(H,20,25,26). The normalized spacial score (nSPS) is 10.4. The topological polar surface area (TPSA) is 141 Å². The van der Waals surface area contributed by atoms with Gasteiger partial charge in [0, 0.05) is 19.0 Å². The summed E-state index contributed by atoms with van der Waals surface area (Å²) in [5, 5.41) is 0. The highest BCUT2D eigenvalue weighted by atomic mass is 19.1. The molecule has 10 heteroatoms. The number of aromatic amines is 1. The van der Waals surface area contributed by atoms with E-state index in [1.54, 1.807) is 0 Å². The summed E-state index contributed by atoms with van der Waals surface area (Å²) in [4.78, 5) is 60.6. The monoisotopic (exact) mass is 377 g/mol. The average Bonchev–Trinajstić information content (AvgIpc) is 2.63. The van der Waals surface area contributed by atoms with Gasteiger partial charge in [-0.15, -0.1) is 0 Å². The Kier molecular flexibility index (Phi) is 6.01. The van der Waals surface area contributed by atoms with Crippen LogP contribution in [0.3, 0.4) is 0 Å². The predicted molar refractivity (Wildman–Crippen MR) is 92.0 cm³/mol. The van der Waals surface area contributed by atoms with Gasteiger partial charge in [0.25, 0.3) is 5.56 Å². The lowest BCUT2D eigenvalue weighted by atomic mass is 10.1. The van der Waals surface area contributed by atoms with E-state index in [-0.39, 0.29) is 24.2 Å². The number of esters is 1. The zero-order valence-corrected chi connectivity index (χ0v) is 14.3. The SMILES string of the molecule is Cn1c(N)c(C(=O)COC(=O)CCC(=O)c2ccc(F)cc2)c(=O)[nH]c1=O. The summed E-state index contributed by atoms with van der Waals surface area (Å²) >= 11 is 0. The second-order valence-corrected chi connectivity index (χ2v) is 5.59. The van der Waals surface area contributed by atoms with Crippen molar-refractivity contribution in [2.24, 2.45) is 7.05 Å². The first-order valence-electron chi connectivity index (χ1n) is 7.77. The van der Waals surface area contributed by atoms with Crippen molar-refractivity contribution in [1.29, 1.82) is 0 Å². The number of aromatic nitrogens is 2. The quantitative estimate of drug-likeness (QED) is 0.518. The number of hydrogen-bond donors (Lipinski definition) is 2. The summed E-state index contributed by atoms with van der Waals surface area (Å²) in [6.07, 6.45) is -0.496. The van der Waals surface area contributed by atoms with E-state index in [0.717, 1.165) is 16.7 Å². The Labute approximate surface area is 151 Å². The number of benzene rings is 1. The molecule has 0 unspecified atom stereocenters. The van der Waals surface area contributed by atoms with Crippen LogP contribution in [0, 0.1) is 5.82 Å².